The van der Waals surface area contributed by atoms with E-state index in [1.807, 2.05) is 0 Å². The van der Waals surface area contributed by atoms with E-state index in [-0.39, 0.29) is 0 Å². The zero-order valence-corrected chi connectivity index (χ0v) is 11.8. The molecule has 0 spiro atoms. The second-order valence-electron chi connectivity index (χ2n) is 5.44. The van der Waals surface area contributed by atoms with E-state index in [0.717, 1.165) is 18.9 Å². The van der Waals surface area contributed by atoms with Crippen molar-refractivity contribution in [1.29, 1.82) is 0 Å². The molecule has 1 fully saturated rings. The summed E-state index contributed by atoms with van der Waals surface area (Å²) in [6, 6.07) is 8.98. The van der Waals surface area contributed by atoms with Crippen molar-refractivity contribution in [1.82, 2.24) is 5.32 Å². The molecule has 0 bridgehead atoms. The molecule has 1 aliphatic rings. The topological polar surface area (TPSA) is 15.3 Å². The molecule has 2 rings (SSSR count). The minimum atomic E-state index is 0.871. The fourth-order valence-electron chi connectivity index (χ4n) is 2.66. The molecular formula is C16H26N2. The van der Waals surface area contributed by atoms with Crippen LogP contribution in [0.1, 0.15) is 31.7 Å². The monoisotopic (exact) mass is 246 g/mol. The van der Waals surface area contributed by atoms with Crippen LogP contribution in [0.25, 0.3) is 0 Å². The second-order valence-corrected chi connectivity index (χ2v) is 5.44. The van der Waals surface area contributed by atoms with Crippen LogP contribution in [0.3, 0.4) is 0 Å². The largest absolute Gasteiger partial charge is 0.375 e. The molecular weight excluding hydrogens is 220 g/mol. The van der Waals surface area contributed by atoms with Crippen molar-refractivity contribution in [3.8, 4) is 0 Å². The molecule has 100 valence electrons. The summed E-state index contributed by atoms with van der Waals surface area (Å²) in [4.78, 5) is 2.38. The maximum absolute atomic E-state index is 3.49. The van der Waals surface area contributed by atoms with Crippen LogP contribution in [0.4, 0.5) is 5.69 Å². The molecule has 1 aromatic carbocycles. The molecule has 1 atom stereocenters. The molecule has 0 radical (unpaired) electrons. The maximum atomic E-state index is 3.49. The van der Waals surface area contributed by atoms with Gasteiger partial charge < -0.3 is 10.2 Å². The highest BCUT2D eigenvalue weighted by molar-refractivity contribution is 5.46. The fraction of sp³-hybridized carbons (Fsp3) is 0.625. The number of anilines is 1. The summed E-state index contributed by atoms with van der Waals surface area (Å²) in [5.41, 5.74) is 2.76. The zero-order valence-electron chi connectivity index (χ0n) is 11.8. The van der Waals surface area contributed by atoms with Gasteiger partial charge in [-0.2, -0.15) is 0 Å². The van der Waals surface area contributed by atoms with E-state index in [2.05, 4.69) is 48.5 Å². The average Bonchev–Trinajstić information content (AvgIpc) is 2.46. The van der Waals surface area contributed by atoms with Crippen molar-refractivity contribution < 1.29 is 0 Å². The first-order valence-electron chi connectivity index (χ1n) is 7.30. The van der Waals surface area contributed by atoms with Crippen molar-refractivity contribution in [2.75, 3.05) is 31.6 Å². The standard InChI is InChI=1S/C16H26N2/c1-3-14-6-8-16(9-7-14)18(2)12-10-15-5-4-11-17-13-15/h6-9,15,17H,3-5,10-13H2,1-2H3. The molecule has 1 saturated heterocycles. The van der Waals surface area contributed by atoms with Crippen LogP contribution in [0.5, 0.6) is 0 Å². The van der Waals surface area contributed by atoms with Gasteiger partial charge in [-0.3, -0.25) is 0 Å². The van der Waals surface area contributed by atoms with Gasteiger partial charge in [-0.1, -0.05) is 19.1 Å². The van der Waals surface area contributed by atoms with Crippen molar-refractivity contribution in [3.05, 3.63) is 29.8 Å². The number of nitrogens with one attached hydrogen (secondary N) is 1. The smallest absolute Gasteiger partial charge is 0.0363 e. The van der Waals surface area contributed by atoms with Crippen LogP contribution in [0.15, 0.2) is 24.3 Å². The van der Waals surface area contributed by atoms with Crippen LogP contribution < -0.4 is 10.2 Å². The van der Waals surface area contributed by atoms with Gasteiger partial charge in [0.1, 0.15) is 0 Å². The van der Waals surface area contributed by atoms with E-state index in [1.165, 1.54) is 43.6 Å². The summed E-state index contributed by atoms with van der Waals surface area (Å²) < 4.78 is 0. The fourth-order valence-corrected chi connectivity index (χ4v) is 2.66. The summed E-state index contributed by atoms with van der Waals surface area (Å²) in [5, 5.41) is 3.49. The number of rotatable bonds is 5. The van der Waals surface area contributed by atoms with Gasteiger partial charge in [-0.15, -0.1) is 0 Å². The third kappa shape index (κ3) is 3.74. The normalized spacial score (nSPS) is 19.8. The SMILES string of the molecule is CCc1ccc(N(C)CCC2CCCNC2)cc1. The summed E-state index contributed by atoms with van der Waals surface area (Å²) in [7, 11) is 2.21. The number of hydrogen-bond donors (Lipinski definition) is 1. The summed E-state index contributed by atoms with van der Waals surface area (Å²) in [6.07, 6.45) is 5.17. The first kappa shape index (κ1) is 13.4. The third-order valence-electron chi connectivity index (χ3n) is 4.06. The lowest BCUT2D eigenvalue weighted by molar-refractivity contribution is 0.360. The molecule has 1 heterocycles. The number of aryl methyl sites for hydroxylation is 1. The van der Waals surface area contributed by atoms with Gasteiger partial charge in [-0.25, -0.2) is 0 Å². The van der Waals surface area contributed by atoms with Crippen molar-refractivity contribution >= 4 is 5.69 Å². The Kier molecular flexibility index (Phi) is 5.06. The highest BCUT2D eigenvalue weighted by Gasteiger charge is 2.13. The molecule has 1 aromatic rings. The lowest BCUT2D eigenvalue weighted by Gasteiger charge is -2.26. The Labute approximate surface area is 111 Å². The molecule has 2 heteroatoms. The van der Waals surface area contributed by atoms with E-state index in [4.69, 9.17) is 0 Å². The van der Waals surface area contributed by atoms with E-state index in [9.17, 15) is 0 Å². The number of nitrogens with zero attached hydrogens (tertiary/aromatic N) is 1. The molecule has 0 aromatic heterocycles. The Bertz CT molecular complexity index is 339. The Morgan fingerprint density at radius 1 is 1.28 bits per heavy atom. The van der Waals surface area contributed by atoms with E-state index >= 15 is 0 Å². The van der Waals surface area contributed by atoms with E-state index < -0.39 is 0 Å². The van der Waals surface area contributed by atoms with Gasteiger partial charge in [0.25, 0.3) is 0 Å². The second kappa shape index (κ2) is 6.79. The minimum Gasteiger partial charge on any atom is -0.375 e. The first-order chi connectivity index (χ1) is 8.79. The minimum absolute atomic E-state index is 0.871. The predicted molar refractivity (Wildman–Crippen MR) is 79.3 cm³/mol. The zero-order chi connectivity index (χ0) is 12.8. The van der Waals surface area contributed by atoms with Gasteiger partial charge >= 0.3 is 0 Å². The number of hydrogen-bond acceptors (Lipinski definition) is 2. The van der Waals surface area contributed by atoms with Crippen molar-refractivity contribution in [2.24, 2.45) is 5.92 Å². The molecule has 0 aliphatic carbocycles. The van der Waals surface area contributed by atoms with Crippen molar-refractivity contribution in [2.45, 2.75) is 32.6 Å². The summed E-state index contributed by atoms with van der Waals surface area (Å²) in [6.45, 7) is 5.79. The Hall–Kier alpha value is -1.02. The van der Waals surface area contributed by atoms with Crippen molar-refractivity contribution in [3.63, 3.8) is 0 Å². The Balaban J connectivity index is 1.80. The highest BCUT2D eigenvalue weighted by Crippen LogP contribution is 2.18. The molecule has 1 N–H and O–H groups in total. The van der Waals surface area contributed by atoms with Crippen LogP contribution in [-0.4, -0.2) is 26.7 Å². The highest BCUT2D eigenvalue weighted by atomic mass is 15.1. The molecule has 0 saturated carbocycles. The van der Waals surface area contributed by atoms with Gasteiger partial charge in [0.05, 0.1) is 0 Å². The molecule has 0 amide bonds. The van der Waals surface area contributed by atoms with Gasteiger partial charge in [0.2, 0.25) is 0 Å². The lowest BCUT2D eigenvalue weighted by Crippen LogP contribution is -2.32. The van der Waals surface area contributed by atoms with Gasteiger partial charge in [0, 0.05) is 19.3 Å². The number of benzene rings is 1. The number of piperidine rings is 1. The van der Waals surface area contributed by atoms with Crippen LogP contribution in [-0.2, 0) is 6.42 Å². The molecule has 1 aliphatic heterocycles. The maximum Gasteiger partial charge on any atom is 0.0363 e. The van der Waals surface area contributed by atoms with Gasteiger partial charge in [-0.05, 0) is 62.4 Å². The van der Waals surface area contributed by atoms with Crippen LogP contribution in [0, 0.1) is 5.92 Å². The van der Waals surface area contributed by atoms with Gasteiger partial charge in [0.15, 0.2) is 0 Å². The predicted octanol–water partition coefficient (Wildman–Crippen LogP) is 3.07. The lowest BCUT2D eigenvalue weighted by atomic mass is 9.96. The van der Waals surface area contributed by atoms with E-state index in [0.29, 0.717) is 0 Å². The van der Waals surface area contributed by atoms with Crippen LogP contribution in [0.2, 0.25) is 0 Å². The van der Waals surface area contributed by atoms with Crippen LogP contribution >= 0.6 is 0 Å². The average molecular weight is 246 g/mol. The summed E-state index contributed by atoms with van der Waals surface area (Å²) >= 11 is 0. The Morgan fingerprint density at radius 2 is 2.06 bits per heavy atom. The summed E-state index contributed by atoms with van der Waals surface area (Å²) in [5.74, 6) is 0.871. The first-order valence-corrected chi connectivity index (χ1v) is 7.30. The molecule has 18 heavy (non-hydrogen) atoms. The molecule has 1 unspecified atom stereocenters. The Morgan fingerprint density at radius 3 is 2.67 bits per heavy atom. The quantitative estimate of drug-likeness (QED) is 0.859. The van der Waals surface area contributed by atoms with E-state index in [1.54, 1.807) is 0 Å². The molecule has 2 nitrogen and oxygen atoms in total. The third-order valence-corrected chi connectivity index (χ3v) is 4.06.